The first-order chi connectivity index (χ1) is 13.8. The van der Waals surface area contributed by atoms with E-state index >= 15 is 0 Å². The van der Waals surface area contributed by atoms with Gasteiger partial charge in [0.05, 0.1) is 5.57 Å². The highest BCUT2D eigenvalue weighted by Crippen LogP contribution is 2.36. The van der Waals surface area contributed by atoms with Crippen molar-refractivity contribution in [2.45, 2.75) is 19.9 Å². The lowest BCUT2D eigenvalue weighted by atomic mass is 9.94. The third kappa shape index (κ3) is 3.93. The summed E-state index contributed by atoms with van der Waals surface area (Å²) in [5, 5.41) is 12.7. The first-order valence-corrected chi connectivity index (χ1v) is 9.24. The molecular weight excluding hydrogens is 396 g/mol. The summed E-state index contributed by atoms with van der Waals surface area (Å²) in [6.45, 7) is 3.51. The summed E-state index contributed by atoms with van der Waals surface area (Å²) in [6.07, 6.45) is 3.06. The van der Waals surface area contributed by atoms with Gasteiger partial charge in [-0.2, -0.15) is 0 Å². The number of carboxylic acid groups (broad SMARTS) is 1. The Hall–Kier alpha value is -3.39. The number of hydrogen-bond acceptors (Lipinski definition) is 4. The minimum absolute atomic E-state index is 0.106. The maximum atomic E-state index is 13.4. The highest BCUT2D eigenvalue weighted by molar-refractivity contribution is 6.30. The van der Waals surface area contributed by atoms with Crippen molar-refractivity contribution in [3.05, 3.63) is 70.6 Å². The fourth-order valence-electron chi connectivity index (χ4n) is 3.29. The normalized spacial score (nSPS) is 16.4. The average molecular weight is 415 g/mol. The summed E-state index contributed by atoms with van der Waals surface area (Å²) in [5.74, 6) is -1.24. The van der Waals surface area contributed by atoms with Gasteiger partial charge in [-0.15, -0.1) is 0 Å². The molecule has 1 aromatic heterocycles. The van der Waals surface area contributed by atoms with E-state index in [2.05, 4.69) is 10.3 Å². The second-order valence-electron chi connectivity index (χ2n) is 6.33. The van der Waals surface area contributed by atoms with Crippen LogP contribution >= 0.6 is 11.6 Å². The maximum absolute atomic E-state index is 13.4. The molecule has 1 aliphatic heterocycles. The average Bonchev–Trinajstić information content (AvgIpc) is 2.68. The molecule has 0 saturated heterocycles. The van der Waals surface area contributed by atoms with E-state index in [1.807, 2.05) is 0 Å². The number of amides is 4. The van der Waals surface area contributed by atoms with Gasteiger partial charge in [-0.05, 0) is 43.7 Å². The first kappa shape index (κ1) is 20.3. The van der Waals surface area contributed by atoms with E-state index in [1.54, 1.807) is 43.3 Å². The predicted molar refractivity (Wildman–Crippen MR) is 108 cm³/mol. The van der Waals surface area contributed by atoms with Crippen molar-refractivity contribution in [3.8, 4) is 0 Å². The maximum Gasteiger partial charge on any atom is 0.335 e. The second-order valence-corrected chi connectivity index (χ2v) is 6.77. The second kappa shape index (κ2) is 8.32. The first-order valence-electron chi connectivity index (χ1n) is 8.86. The number of imide groups is 1. The molecule has 29 heavy (non-hydrogen) atoms. The quantitative estimate of drug-likeness (QED) is 0.791. The van der Waals surface area contributed by atoms with Crippen molar-refractivity contribution in [3.63, 3.8) is 0 Å². The van der Waals surface area contributed by atoms with Crippen LogP contribution in [0.2, 0.25) is 5.02 Å². The summed E-state index contributed by atoms with van der Waals surface area (Å²) in [7, 11) is 0. The van der Waals surface area contributed by atoms with Crippen molar-refractivity contribution < 1.29 is 19.5 Å². The molecule has 0 saturated carbocycles. The Balaban J connectivity index is 2.15. The Morgan fingerprint density at radius 3 is 2.55 bits per heavy atom. The van der Waals surface area contributed by atoms with Crippen LogP contribution in [0.3, 0.4) is 0 Å². The summed E-state index contributed by atoms with van der Waals surface area (Å²) in [6, 6.07) is 7.21. The zero-order chi connectivity index (χ0) is 21.1. The van der Waals surface area contributed by atoms with Gasteiger partial charge in [-0.25, -0.2) is 19.3 Å². The number of urea groups is 2. The molecular formula is C20H19ClN4O4. The van der Waals surface area contributed by atoms with E-state index in [0.717, 1.165) is 4.90 Å². The smallest absolute Gasteiger partial charge is 0.335 e. The molecule has 2 N–H and O–H groups in total. The number of carboxylic acids is 1. The van der Waals surface area contributed by atoms with Crippen LogP contribution in [-0.4, -0.2) is 39.6 Å². The van der Waals surface area contributed by atoms with Gasteiger partial charge in [0.25, 0.3) is 0 Å². The van der Waals surface area contributed by atoms with Gasteiger partial charge in [0.15, 0.2) is 0 Å². The third-order valence-electron chi connectivity index (χ3n) is 4.57. The fourth-order valence-corrected chi connectivity index (χ4v) is 3.49. The SMILES string of the molecule is CCN(C(=O)N1C(=O)NC(C)=C(C(=O)O)C1c1cccc(Cl)c1)c1ccncc1. The number of benzene rings is 1. The summed E-state index contributed by atoms with van der Waals surface area (Å²) in [4.78, 5) is 44.5. The predicted octanol–water partition coefficient (Wildman–Crippen LogP) is 3.81. The number of aliphatic carboxylic acids is 1. The molecule has 1 aliphatic rings. The number of anilines is 1. The zero-order valence-electron chi connectivity index (χ0n) is 15.8. The monoisotopic (exact) mass is 414 g/mol. The molecule has 9 heteroatoms. The molecule has 0 radical (unpaired) electrons. The number of halogens is 1. The van der Waals surface area contributed by atoms with E-state index in [9.17, 15) is 19.5 Å². The standard InChI is InChI=1S/C20H19ClN4O4/c1-3-24(15-7-9-22-10-8-15)20(29)25-17(13-5-4-6-14(21)11-13)16(18(26)27)12(2)23-19(25)28/h4-11,17H,3H2,1-2H3,(H,23,28)(H,26,27). The number of allylic oxidation sites excluding steroid dienone is 1. The summed E-state index contributed by atoms with van der Waals surface area (Å²) in [5.41, 5.74) is 1.02. The van der Waals surface area contributed by atoms with Crippen LogP contribution in [0.15, 0.2) is 60.1 Å². The van der Waals surface area contributed by atoms with Crippen LogP contribution in [0.4, 0.5) is 15.3 Å². The number of carbonyl (C=O) groups excluding carboxylic acids is 2. The highest BCUT2D eigenvalue weighted by Gasteiger charge is 2.43. The van der Waals surface area contributed by atoms with Crippen molar-refractivity contribution in [2.75, 3.05) is 11.4 Å². The van der Waals surface area contributed by atoms with Crippen LogP contribution in [0.1, 0.15) is 25.5 Å². The molecule has 3 rings (SSSR count). The minimum atomic E-state index is -1.24. The van der Waals surface area contributed by atoms with Gasteiger partial charge < -0.3 is 10.4 Å². The molecule has 1 atom stereocenters. The van der Waals surface area contributed by atoms with E-state index < -0.39 is 24.1 Å². The van der Waals surface area contributed by atoms with Gasteiger partial charge in [0.2, 0.25) is 0 Å². The van der Waals surface area contributed by atoms with Crippen LogP contribution in [0.5, 0.6) is 0 Å². The van der Waals surface area contributed by atoms with Crippen LogP contribution in [0, 0.1) is 0 Å². The molecule has 2 aromatic rings. The van der Waals surface area contributed by atoms with Crippen molar-refractivity contribution >= 4 is 35.3 Å². The van der Waals surface area contributed by atoms with Crippen molar-refractivity contribution in [2.24, 2.45) is 0 Å². The minimum Gasteiger partial charge on any atom is -0.478 e. The number of nitrogens with one attached hydrogen (secondary N) is 1. The van der Waals surface area contributed by atoms with Crippen LogP contribution in [-0.2, 0) is 4.79 Å². The Labute approximate surface area is 172 Å². The Morgan fingerprint density at radius 1 is 1.28 bits per heavy atom. The topological polar surface area (TPSA) is 103 Å². The van der Waals surface area contributed by atoms with Gasteiger partial charge in [0.1, 0.15) is 6.04 Å². The third-order valence-corrected chi connectivity index (χ3v) is 4.81. The molecule has 150 valence electrons. The molecule has 0 fully saturated rings. The number of hydrogen-bond donors (Lipinski definition) is 2. The van der Waals surface area contributed by atoms with Gasteiger partial charge in [-0.3, -0.25) is 9.88 Å². The molecule has 4 amide bonds. The van der Waals surface area contributed by atoms with Gasteiger partial charge >= 0.3 is 18.0 Å². The molecule has 0 spiro atoms. The van der Waals surface area contributed by atoms with Gasteiger partial charge in [-0.1, -0.05) is 23.7 Å². The Bertz CT molecular complexity index is 993. The van der Waals surface area contributed by atoms with Crippen molar-refractivity contribution in [1.82, 2.24) is 15.2 Å². The van der Waals surface area contributed by atoms with Crippen molar-refractivity contribution in [1.29, 1.82) is 0 Å². The number of rotatable bonds is 4. The van der Waals surface area contributed by atoms with E-state index in [-0.39, 0.29) is 17.8 Å². The summed E-state index contributed by atoms with van der Waals surface area (Å²) >= 11 is 6.09. The molecule has 8 nitrogen and oxygen atoms in total. The van der Waals surface area contributed by atoms with E-state index in [1.165, 1.54) is 24.2 Å². The molecule has 1 aromatic carbocycles. The molecule has 0 aliphatic carbocycles. The van der Waals surface area contributed by atoms with Gasteiger partial charge in [0, 0.05) is 35.3 Å². The Kier molecular flexibility index (Phi) is 5.84. The molecule has 2 heterocycles. The number of pyridine rings is 1. The Morgan fingerprint density at radius 2 is 1.97 bits per heavy atom. The lowest BCUT2D eigenvalue weighted by Crippen LogP contribution is -2.55. The van der Waals surface area contributed by atoms with E-state index in [4.69, 9.17) is 11.6 Å². The van der Waals surface area contributed by atoms with Crippen LogP contribution in [0.25, 0.3) is 0 Å². The molecule has 0 bridgehead atoms. The highest BCUT2D eigenvalue weighted by atomic mass is 35.5. The number of aromatic nitrogens is 1. The summed E-state index contributed by atoms with van der Waals surface area (Å²) < 4.78 is 0. The molecule has 1 unspecified atom stereocenters. The van der Waals surface area contributed by atoms with E-state index in [0.29, 0.717) is 16.3 Å². The number of carbonyl (C=O) groups is 3. The largest absolute Gasteiger partial charge is 0.478 e. The van der Waals surface area contributed by atoms with Crippen LogP contribution < -0.4 is 10.2 Å². The fraction of sp³-hybridized carbons (Fsp3) is 0.200. The number of nitrogens with zero attached hydrogens (tertiary/aromatic N) is 3. The lowest BCUT2D eigenvalue weighted by molar-refractivity contribution is -0.133. The zero-order valence-corrected chi connectivity index (χ0v) is 16.6. The lowest BCUT2D eigenvalue weighted by Gasteiger charge is -2.38.